The highest BCUT2D eigenvalue weighted by atomic mass is 79.9. The van der Waals surface area contributed by atoms with Gasteiger partial charge in [0.15, 0.2) is 0 Å². The van der Waals surface area contributed by atoms with Gasteiger partial charge in [0, 0.05) is 11.4 Å². The minimum atomic E-state index is -0.332. The molecule has 0 spiro atoms. The molecule has 94 valence electrons. The Kier molecular flexibility index (Phi) is 4.81. The molecule has 1 nitrogen and oxygen atoms in total. The van der Waals surface area contributed by atoms with E-state index >= 15 is 0 Å². The minimum Gasteiger partial charge on any atom is -0.455 e. The second-order valence-corrected chi connectivity index (χ2v) is 5.84. The fourth-order valence-electron chi connectivity index (χ4n) is 1.38. The van der Waals surface area contributed by atoms with Crippen LogP contribution >= 0.6 is 47.8 Å². The first-order valence-electron chi connectivity index (χ1n) is 5.07. The lowest BCUT2D eigenvalue weighted by molar-refractivity contribution is 0.470. The summed E-state index contributed by atoms with van der Waals surface area (Å²) in [5.74, 6) is 0.759. The van der Waals surface area contributed by atoms with Crippen LogP contribution in [0.5, 0.6) is 11.5 Å². The number of rotatable bonds is 3. The van der Waals surface area contributed by atoms with Crippen molar-refractivity contribution in [2.75, 3.05) is 0 Å². The van der Waals surface area contributed by atoms with Crippen LogP contribution in [0, 0.1) is 5.82 Å². The van der Waals surface area contributed by atoms with Crippen LogP contribution in [0.3, 0.4) is 0 Å². The van der Waals surface area contributed by atoms with Gasteiger partial charge < -0.3 is 4.74 Å². The van der Waals surface area contributed by atoms with E-state index in [4.69, 9.17) is 4.74 Å². The number of halogens is 4. The third kappa shape index (κ3) is 3.33. The maximum absolute atomic E-state index is 13.2. The lowest BCUT2D eigenvalue weighted by Crippen LogP contribution is -1.89. The summed E-state index contributed by atoms with van der Waals surface area (Å²) in [6.45, 7) is 0. The molecule has 0 radical (unpaired) electrons. The third-order valence-electron chi connectivity index (χ3n) is 2.26. The molecule has 0 aromatic heterocycles. The zero-order valence-electron chi connectivity index (χ0n) is 9.09. The number of ether oxygens (including phenoxy) is 1. The van der Waals surface area contributed by atoms with Gasteiger partial charge in [0.05, 0.1) is 8.95 Å². The van der Waals surface area contributed by atoms with Crippen molar-refractivity contribution in [3.63, 3.8) is 0 Å². The molecule has 0 saturated carbocycles. The van der Waals surface area contributed by atoms with Gasteiger partial charge in [-0.15, -0.1) is 0 Å². The van der Waals surface area contributed by atoms with Gasteiger partial charge in [0.25, 0.3) is 0 Å². The first kappa shape index (κ1) is 14.0. The molecule has 0 aliphatic heterocycles. The van der Waals surface area contributed by atoms with E-state index in [1.807, 2.05) is 18.2 Å². The van der Waals surface area contributed by atoms with Crippen LogP contribution in [0.4, 0.5) is 4.39 Å². The lowest BCUT2D eigenvalue weighted by atomic mass is 10.2. The lowest BCUT2D eigenvalue weighted by Gasteiger charge is -2.10. The predicted octanol–water partition coefficient (Wildman–Crippen LogP) is 6.04. The number of hydrogen-bond acceptors (Lipinski definition) is 1. The summed E-state index contributed by atoms with van der Waals surface area (Å²) in [4.78, 5) is 0. The summed E-state index contributed by atoms with van der Waals surface area (Å²) >= 11 is 10.1. The molecule has 2 rings (SSSR count). The Bertz CT molecular complexity index is 572. The highest BCUT2D eigenvalue weighted by Crippen LogP contribution is 2.35. The van der Waals surface area contributed by atoms with Crippen LogP contribution in [0.1, 0.15) is 5.56 Å². The van der Waals surface area contributed by atoms with Crippen molar-refractivity contribution < 1.29 is 9.13 Å². The van der Waals surface area contributed by atoms with Crippen LogP contribution in [-0.2, 0) is 5.33 Å². The Balaban J connectivity index is 2.31. The van der Waals surface area contributed by atoms with Crippen LogP contribution in [0.15, 0.2) is 45.3 Å². The molecule has 0 heterocycles. The summed E-state index contributed by atoms with van der Waals surface area (Å²) in [5.41, 5.74) is 1.13. The van der Waals surface area contributed by atoms with E-state index in [-0.39, 0.29) is 5.82 Å². The smallest absolute Gasteiger partial charge is 0.144 e. The number of alkyl halides is 1. The second kappa shape index (κ2) is 6.17. The summed E-state index contributed by atoms with van der Waals surface area (Å²) in [7, 11) is 0. The normalized spacial score (nSPS) is 10.4. The molecule has 0 aliphatic carbocycles. The van der Waals surface area contributed by atoms with E-state index in [0.717, 1.165) is 15.4 Å². The Morgan fingerprint density at radius 2 is 1.72 bits per heavy atom. The molecule has 0 fully saturated rings. The Hall–Kier alpha value is -0.390. The zero-order valence-corrected chi connectivity index (χ0v) is 13.8. The van der Waals surface area contributed by atoms with Gasteiger partial charge in [-0.25, -0.2) is 4.39 Å². The first-order valence-corrected chi connectivity index (χ1v) is 7.78. The van der Waals surface area contributed by atoms with Gasteiger partial charge in [-0.2, -0.15) is 0 Å². The number of hydrogen-bond donors (Lipinski definition) is 0. The second-order valence-electron chi connectivity index (χ2n) is 3.58. The monoisotopic (exact) mass is 436 g/mol. The van der Waals surface area contributed by atoms with Gasteiger partial charge in [0.2, 0.25) is 0 Å². The van der Waals surface area contributed by atoms with Crippen LogP contribution < -0.4 is 4.74 Å². The Labute approximate surface area is 130 Å². The molecule has 0 unspecified atom stereocenters. The molecular formula is C13H8Br3FO. The largest absolute Gasteiger partial charge is 0.455 e. The zero-order chi connectivity index (χ0) is 13.1. The summed E-state index contributed by atoms with van der Waals surface area (Å²) in [6.07, 6.45) is 0. The van der Waals surface area contributed by atoms with E-state index in [9.17, 15) is 4.39 Å². The van der Waals surface area contributed by atoms with E-state index < -0.39 is 0 Å². The molecule has 0 amide bonds. The van der Waals surface area contributed by atoms with Crippen molar-refractivity contribution in [2.45, 2.75) is 5.33 Å². The van der Waals surface area contributed by atoms with Crippen LogP contribution in [-0.4, -0.2) is 0 Å². The molecule has 2 aromatic rings. The fourth-order valence-corrected chi connectivity index (χ4v) is 2.57. The standard InChI is InChI=1S/C13H8Br3FO/c14-7-8-1-4-12(11(16)5-8)18-13-6-9(17)2-3-10(13)15/h1-6H,7H2. The topological polar surface area (TPSA) is 9.23 Å². The number of benzene rings is 2. The van der Waals surface area contributed by atoms with Gasteiger partial charge >= 0.3 is 0 Å². The van der Waals surface area contributed by atoms with Gasteiger partial charge in [-0.3, -0.25) is 0 Å². The van der Waals surface area contributed by atoms with E-state index in [2.05, 4.69) is 47.8 Å². The van der Waals surface area contributed by atoms with Crippen molar-refractivity contribution in [1.29, 1.82) is 0 Å². The highest BCUT2D eigenvalue weighted by Gasteiger charge is 2.08. The average Bonchev–Trinajstić information content (AvgIpc) is 2.36. The van der Waals surface area contributed by atoms with Crippen molar-refractivity contribution in [2.24, 2.45) is 0 Å². The predicted molar refractivity (Wildman–Crippen MR) is 80.9 cm³/mol. The third-order valence-corrected chi connectivity index (χ3v) is 4.19. The molecule has 2 aromatic carbocycles. The molecule has 0 aliphatic rings. The Morgan fingerprint density at radius 3 is 2.39 bits per heavy atom. The molecule has 0 atom stereocenters. The summed E-state index contributed by atoms with van der Waals surface area (Å²) in [5, 5.41) is 0.773. The summed E-state index contributed by atoms with van der Waals surface area (Å²) in [6, 6.07) is 10.1. The van der Waals surface area contributed by atoms with Crippen molar-refractivity contribution in [1.82, 2.24) is 0 Å². The van der Waals surface area contributed by atoms with E-state index in [0.29, 0.717) is 16.0 Å². The molecule has 0 N–H and O–H groups in total. The molecule has 18 heavy (non-hydrogen) atoms. The fraction of sp³-hybridized carbons (Fsp3) is 0.0769. The molecule has 5 heteroatoms. The van der Waals surface area contributed by atoms with Gasteiger partial charge in [-0.1, -0.05) is 22.0 Å². The quantitative estimate of drug-likeness (QED) is 0.531. The minimum absolute atomic E-state index is 0.332. The first-order chi connectivity index (χ1) is 8.60. The Morgan fingerprint density at radius 1 is 0.944 bits per heavy atom. The van der Waals surface area contributed by atoms with Crippen LogP contribution in [0.25, 0.3) is 0 Å². The van der Waals surface area contributed by atoms with Crippen molar-refractivity contribution in [3.8, 4) is 11.5 Å². The van der Waals surface area contributed by atoms with Gasteiger partial charge in [0.1, 0.15) is 17.3 Å². The van der Waals surface area contributed by atoms with Crippen LogP contribution in [0.2, 0.25) is 0 Å². The van der Waals surface area contributed by atoms with E-state index in [1.165, 1.54) is 12.1 Å². The maximum Gasteiger partial charge on any atom is 0.144 e. The maximum atomic E-state index is 13.2. The van der Waals surface area contributed by atoms with Crippen molar-refractivity contribution >= 4 is 47.8 Å². The molecule has 0 saturated heterocycles. The average molecular weight is 439 g/mol. The van der Waals surface area contributed by atoms with Gasteiger partial charge in [-0.05, 0) is 61.7 Å². The van der Waals surface area contributed by atoms with Crippen molar-refractivity contribution in [3.05, 3.63) is 56.7 Å². The van der Waals surface area contributed by atoms with E-state index in [1.54, 1.807) is 6.07 Å². The SMILES string of the molecule is Fc1ccc(Br)c(Oc2ccc(CBr)cc2Br)c1. The summed E-state index contributed by atoms with van der Waals surface area (Å²) < 4.78 is 20.4. The highest BCUT2D eigenvalue weighted by molar-refractivity contribution is 9.11. The molecule has 0 bridgehead atoms. The molecular weight excluding hydrogens is 431 g/mol.